The van der Waals surface area contributed by atoms with Gasteiger partial charge in [0.25, 0.3) is 0 Å². The van der Waals surface area contributed by atoms with Crippen molar-refractivity contribution in [2.75, 3.05) is 53.1 Å². The number of rotatable bonds is 10. The summed E-state index contributed by atoms with van der Waals surface area (Å²) in [6, 6.07) is 0.567. The van der Waals surface area contributed by atoms with Gasteiger partial charge in [-0.05, 0) is 32.4 Å². The van der Waals surface area contributed by atoms with Gasteiger partial charge in [0.05, 0.1) is 19.8 Å². The zero-order valence-corrected chi connectivity index (χ0v) is 15.7. The largest absolute Gasteiger partial charge is 0.382 e. The molecule has 1 rings (SSSR count). The van der Waals surface area contributed by atoms with Crippen molar-refractivity contribution in [2.45, 2.75) is 32.2 Å². The van der Waals surface area contributed by atoms with E-state index in [1.54, 1.807) is 7.11 Å². The smallest absolute Gasteiger partial charge is 0.188 e. The molecule has 0 aromatic heterocycles. The first-order chi connectivity index (χ1) is 9.77. The first-order valence-corrected chi connectivity index (χ1v) is 7.62. The van der Waals surface area contributed by atoms with Crippen LogP contribution in [0.3, 0.4) is 0 Å². The zero-order chi connectivity index (χ0) is 14.6. The van der Waals surface area contributed by atoms with E-state index in [0.717, 1.165) is 32.7 Å². The van der Waals surface area contributed by atoms with Crippen molar-refractivity contribution in [1.29, 1.82) is 0 Å². The molecule has 126 valence electrons. The fraction of sp³-hybridized carbons (Fsp3) is 0.929. The number of nitrogens with two attached hydrogens (primary N) is 1. The summed E-state index contributed by atoms with van der Waals surface area (Å²) >= 11 is 0. The maximum Gasteiger partial charge on any atom is 0.188 e. The second kappa shape index (κ2) is 13.5. The van der Waals surface area contributed by atoms with Crippen molar-refractivity contribution in [3.05, 3.63) is 0 Å². The van der Waals surface area contributed by atoms with Crippen molar-refractivity contribution in [2.24, 2.45) is 10.7 Å². The minimum Gasteiger partial charge on any atom is -0.382 e. The van der Waals surface area contributed by atoms with Crippen molar-refractivity contribution in [3.63, 3.8) is 0 Å². The fourth-order valence-corrected chi connectivity index (χ4v) is 2.41. The number of hydrogen-bond acceptors (Lipinski definition) is 4. The molecule has 1 aliphatic rings. The summed E-state index contributed by atoms with van der Waals surface area (Å²) in [7, 11) is 1.67. The number of methoxy groups -OCH3 is 1. The molecule has 1 atom stereocenters. The quantitative estimate of drug-likeness (QED) is 0.242. The molecule has 0 aliphatic carbocycles. The molecule has 21 heavy (non-hydrogen) atoms. The van der Waals surface area contributed by atoms with Crippen LogP contribution in [-0.4, -0.2) is 70.0 Å². The minimum absolute atomic E-state index is 0. The van der Waals surface area contributed by atoms with Crippen LogP contribution in [0, 0.1) is 0 Å². The van der Waals surface area contributed by atoms with E-state index < -0.39 is 0 Å². The number of likely N-dealkylation sites (N-methyl/N-ethyl adjacent to an activating group) is 1. The summed E-state index contributed by atoms with van der Waals surface area (Å²) in [6.07, 6.45) is 3.43. The van der Waals surface area contributed by atoms with Gasteiger partial charge in [-0.2, -0.15) is 0 Å². The van der Waals surface area contributed by atoms with E-state index in [1.807, 2.05) is 0 Å². The monoisotopic (exact) mass is 414 g/mol. The van der Waals surface area contributed by atoms with Crippen LogP contribution in [0.4, 0.5) is 0 Å². The van der Waals surface area contributed by atoms with E-state index in [4.69, 9.17) is 15.2 Å². The Kier molecular flexibility index (Phi) is 13.5. The SMILES string of the molecule is CCN1CCCC1CN=C(N)NCCCOCCOC.I. The Morgan fingerprint density at radius 1 is 1.38 bits per heavy atom. The number of halogens is 1. The standard InChI is InChI=1S/C14H30N4O2.HI/c1-3-18-8-4-6-13(18)12-17-14(15)16-7-5-9-20-11-10-19-2;/h13H,3-12H2,1-2H3,(H3,15,16,17);1H. The van der Waals surface area contributed by atoms with Gasteiger partial charge >= 0.3 is 0 Å². The molecule has 0 aromatic carbocycles. The Bertz CT molecular complexity index is 280. The normalized spacial score (nSPS) is 19.5. The molecule has 0 saturated carbocycles. The maximum absolute atomic E-state index is 5.86. The second-order valence-corrected chi connectivity index (χ2v) is 5.04. The predicted octanol–water partition coefficient (Wildman–Crippen LogP) is 1.05. The lowest BCUT2D eigenvalue weighted by molar-refractivity contribution is 0.0698. The number of hydrogen-bond donors (Lipinski definition) is 2. The number of likely N-dealkylation sites (tertiary alicyclic amines) is 1. The number of nitrogens with zero attached hydrogens (tertiary/aromatic N) is 2. The van der Waals surface area contributed by atoms with E-state index in [0.29, 0.717) is 25.2 Å². The lowest BCUT2D eigenvalue weighted by atomic mass is 10.2. The molecule has 0 bridgehead atoms. The van der Waals surface area contributed by atoms with Crippen LogP contribution in [0.15, 0.2) is 4.99 Å². The van der Waals surface area contributed by atoms with Gasteiger partial charge in [-0.3, -0.25) is 9.89 Å². The van der Waals surface area contributed by atoms with E-state index in [-0.39, 0.29) is 24.0 Å². The molecule has 1 heterocycles. The van der Waals surface area contributed by atoms with Gasteiger partial charge in [0.15, 0.2) is 5.96 Å². The van der Waals surface area contributed by atoms with Crippen molar-refractivity contribution in [1.82, 2.24) is 10.2 Å². The molecule has 6 nitrogen and oxygen atoms in total. The molecule has 1 fully saturated rings. The lowest BCUT2D eigenvalue weighted by Crippen LogP contribution is -2.36. The first kappa shape index (κ1) is 20.9. The molecular formula is C14H31IN4O2. The van der Waals surface area contributed by atoms with E-state index in [2.05, 4.69) is 22.1 Å². The second-order valence-electron chi connectivity index (χ2n) is 5.04. The molecule has 1 unspecified atom stereocenters. The topological polar surface area (TPSA) is 72.1 Å². The predicted molar refractivity (Wildman–Crippen MR) is 97.5 cm³/mol. The summed E-state index contributed by atoms with van der Waals surface area (Å²) in [4.78, 5) is 6.91. The molecule has 0 spiro atoms. The third kappa shape index (κ3) is 9.49. The Morgan fingerprint density at radius 2 is 2.19 bits per heavy atom. The van der Waals surface area contributed by atoms with Crippen molar-refractivity contribution in [3.8, 4) is 0 Å². The molecule has 3 N–H and O–H groups in total. The van der Waals surface area contributed by atoms with Crippen LogP contribution in [0.2, 0.25) is 0 Å². The number of nitrogens with one attached hydrogen (secondary N) is 1. The highest BCUT2D eigenvalue weighted by Gasteiger charge is 2.22. The maximum atomic E-state index is 5.86. The Morgan fingerprint density at radius 3 is 2.90 bits per heavy atom. The highest BCUT2D eigenvalue weighted by molar-refractivity contribution is 14.0. The van der Waals surface area contributed by atoms with Crippen molar-refractivity contribution >= 4 is 29.9 Å². The first-order valence-electron chi connectivity index (χ1n) is 7.62. The molecule has 7 heteroatoms. The summed E-state index contributed by atoms with van der Waals surface area (Å²) < 4.78 is 10.3. The van der Waals surface area contributed by atoms with E-state index >= 15 is 0 Å². The van der Waals surface area contributed by atoms with Crippen LogP contribution in [0.5, 0.6) is 0 Å². The van der Waals surface area contributed by atoms with Crippen LogP contribution in [-0.2, 0) is 9.47 Å². The minimum atomic E-state index is 0. The molecule has 1 saturated heterocycles. The summed E-state index contributed by atoms with van der Waals surface area (Å²) in [5, 5.41) is 3.13. The third-order valence-corrected chi connectivity index (χ3v) is 3.58. The van der Waals surface area contributed by atoms with Crippen LogP contribution >= 0.6 is 24.0 Å². The van der Waals surface area contributed by atoms with Gasteiger partial charge < -0.3 is 20.5 Å². The number of guanidine groups is 1. The van der Waals surface area contributed by atoms with Crippen LogP contribution in [0.25, 0.3) is 0 Å². The highest BCUT2D eigenvalue weighted by Crippen LogP contribution is 2.16. The van der Waals surface area contributed by atoms with E-state index in [1.165, 1.54) is 19.4 Å². The average molecular weight is 414 g/mol. The van der Waals surface area contributed by atoms with Crippen LogP contribution in [0.1, 0.15) is 26.2 Å². The summed E-state index contributed by atoms with van der Waals surface area (Å²) in [5.41, 5.74) is 5.86. The lowest BCUT2D eigenvalue weighted by Gasteiger charge is -2.20. The van der Waals surface area contributed by atoms with Gasteiger partial charge in [0, 0.05) is 26.3 Å². The van der Waals surface area contributed by atoms with Crippen LogP contribution < -0.4 is 11.1 Å². The number of ether oxygens (including phenoxy) is 2. The Hall–Kier alpha value is -0.120. The highest BCUT2D eigenvalue weighted by atomic mass is 127. The van der Waals surface area contributed by atoms with Gasteiger partial charge in [0.1, 0.15) is 0 Å². The average Bonchev–Trinajstić information content (AvgIpc) is 2.91. The number of aliphatic imine (C=N–C) groups is 1. The molecule has 0 aromatic rings. The summed E-state index contributed by atoms with van der Waals surface area (Å²) in [6.45, 7) is 8.11. The van der Waals surface area contributed by atoms with Gasteiger partial charge in [-0.1, -0.05) is 6.92 Å². The van der Waals surface area contributed by atoms with Crippen molar-refractivity contribution < 1.29 is 9.47 Å². The zero-order valence-electron chi connectivity index (χ0n) is 13.3. The molecule has 1 aliphatic heterocycles. The summed E-state index contributed by atoms with van der Waals surface area (Å²) in [5.74, 6) is 0.546. The van der Waals surface area contributed by atoms with Gasteiger partial charge in [0.2, 0.25) is 0 Å². The Labute approximate surface area is 145 Å². The molecule has 0 radical (unpaired) electrons. The molecular weight excluding hydrogens is 383 g/mol. The Balaban J connectivity index is 0.00000400. The van der Waals surface area contributed by atoms with Gasteiger partial charge in [-0.15, -0.1) is 24.0 Å². The van der Waals surface area contributed by atoms with Gasteiger partial charge in [-0.25, -0.2) is 0 Å². The van der Waals surface area contributed by atoms with E-state index in [9.17, 15) is 0 Å². The third-order valence-electron chi connectivity index (χ3n) is 3.58. The molecule has 0 amide bonds. The fourth-order valence-electron chi connectivity index (χ4n) is 2.41.